The molecule has 86 valence electrons. The number of hydrogen-bond donors (Lipinski definition) is 1. The van der Waals surface area contributed by atoms with Crippen LogP contribution >= 0.6 is 23.2 Å². The molecule has 0 saturated carbocycles. The Morgan fingerprint density at radius 1 is 1.38 bits per heavy atom. The maximum Gasteiger partial charge on any atom is 0.228 e. The van der Waals surface area contributed by atoms with Gasteiger partial charge in [-0.05, 0) is 6.07 Å². The van der Waals surface area contributed by atoms with Crippen LogP contribution < -0.4 is 10.6 Å². The van der Waals surface area contributed by atoms with Gasteiger partial charge in [0.2, 0.25) is 5.91 Å². The van der Waals surface area contributed by atoms with E-state index in [4.69, 9.17) is 28.9 Å². The van der Waals surface area contributed by atoms with E-state index in [0.29, 0.717) is 12.2 Å². The SMILES string of the molecule is NC1CC(=O)N(c2cc(F)c(Cl)cc2Cl)C1. The third-order valence-electron chi connectivity index (χ3n) is 2.44. The molecule has 1 unspecified atom stereocenters. The van der Waals surface area contributed by atoms with E-state index in [-0.39, 0.29) is 28.4 Å². The minimum absolute atomic E-state index is 0.0651. The van der Waals surface area contributed by atoms with Gasteiger partial charge in [-0.3, -0.25) is 4.79 Å². The Morgan fingerprint density at radius 2 is 2.06 bits per heavy atom. The average Bonchev–Trinajstić information content (AvgIpc) is 2.51. The molecule has 0 radical (unpaired) electrons. The first-order valence-corrected chi connectivity index (χ1v) is 5.45. The van der Waals surface area contributed by atoms with Crippen molar-refractivity contribution in [3.05, 3.63) is 28.0 Å². The second-order valence-electron chi connectivity index (χ2n) is 3.69. The van der Waals surface area contributed by atoms with E-state index in [1.54, 1.807) is 0 Å². The highest BCUT2D eigenvalue weighted by molar-refractivity contribution is 6.36. The van der Waals surface area contributed by atoms with Gasteiger partial charge in [0, 0.05) is 25.1 Å². The van der Waals surface area contributed by atoms with E-state index in [1.165, 1.54) is 11.0 Å². The average molecular weight is 263 g/mol. The maximum atomic E-state index is 13.3. The Hall–Kier alpha value is -0.840. The van der Waals surface area contributed by atoms with Crippen LogP contribution in [0.3, 0.4) is 0 Å². The van der Waals surface area contributed by atoms with Crippen molar-refractivity contribution in [3.63, 3.8) is 0 Å². The van der Waals surface area contributed by atoms with Crippen molar-refractivity contribution < 1.29 is 9.18 Å². The van der Waals surface area contributed by atoms with Gasteiger partial charge in [-0.25, -0.2) is 4.39 Å². The van der Waals surface area contributed by atoms with E-state index < -0.39 is 5.82 Å². The zero-order valence-electron chi connectivity index (χ0n) is 8.21. The number of halogens is 3. The first-order chi connectivity index (χ1) is 7.49. The predicted octanol–water partition coefficient (Wildman–Crippen LogP) is 2.20. The molecule has 1 fully saturated rings. The van der Waals surface area contributed by atoms with Crippen molar-refractivity contribution in [3.8, 4) is 0 Å². The number of nitrogens with two attached hydrogens (primary N) is 1. The minimum Gasteiger partial charge on any atom is -0.326 e. The summed E-state index contributed by atoms with van der Waals surface area (Å²) in [7, 11) is 0. The molecular weight excluding hydrogens is 254 g/mol. The molecule has 2 N–H and O–H groups in total. The molecule has 1 aliphatic heterocycles. The van der Waals surface area contributed by atoms with Crippen molar-refractivity contribution in [2.24, 2.45) is 5.73 Å². The second-order valence-corrected chi connectivity index (χ2v) is 4.50. The fraction of sp³-hybridized carbons (Fsp3) is 0.300. The number of carbonyl (C=O) groups excluding carboxylic acids is 1. The van der Waals surface area contributed by atoms with E-state index in [9.17, 15) is 9.18 Å². The van der Waals surface area contributed by atoms with Gasteiger partial charge >= 0.3 is 0 Å². The van der Waals surface area contributed by atoms with Gasteiger partial charge < -0.3 is 10.6 Å². The Morgan fingerprint density at radius 3 is 2.62 bits per heavy atom. The zero-order valence-corrected chi connectivity index (χ0v) is 9.72. The molecule has 1 aromatic carbocycles. The molecule has 0 bridgehead atoms. The lowest BCUT2D eigenvalue weighted by atomic mass is 10.3. The smallest absolute Gasteiger partial charge is 0.228 e. The van der Waals surface area contributed by atoms with Gasteiger partial charge in [0.05, 0.1) is 15.7 Å². The van der Waals surface area contributed by atoms with Crippen LogP contribution in [0.2, 0.25) is 10.0 Å². The van der Waals surface area contributed by atoms with Gasteiger partial charge in [0.15, 0.2) is 0 Å². The standard InChI is InChI=1S/C10H9Cl2FN2O/c11-6-2-7(12)9(3-8(6)13)15-4-5(14)1-10(15)16/h2-3,5H,1,4,14H2. The fourth-order valence-corrected chi connectivity index (χ4v) is 2.17. The number of amides is 1. The molecule has 6 heteroatoms. The number of nitrogens with zero attached hydrogens (tertiary/aromatic N) is 1. The quantitative estimate of drug-likeness (QED) is 0.789. The summed E-state index contributed by atoms with van der Waals surface area (Å²) in [6, 6.07) is 2.20. The van der Waals surface area contributed by atoms with Crippen LogP contribution in [0, 0.1) is 5.82 Å². The number of rotatable bonds is 1. The molecule has 16 heavy (non-hydrogen) atoms. The first-order valence-electron chi connectivity index (χ1n) is 4.69. The normalized spacial score (nSPS) is 20.6. The Balaban J connectivity index is 2.41. The molecular formula is C10H9Cl2FN2O. The van der Waals surface area contributed by atoms with E-state index >= 15 is 0 Å². The molecule has 3 nitrogen and oxygen atoms in total. The number of hydrogen-bond acceptors (Lipinski definition) is 2. The number of anilines is 1. The van der Waals surface area contributed by atoms with Crippen molar-refractivity contribution in [2.45, 2.75) is 12.5 Å². The predicted molar refractivity (Wildman–Crippen MR) is 61.4 cm³/mol. The van der Waals surface area contributed by atoms with E-state index in [0.717, 1.165) is 6.07 Å². The van der Waals surface area contributed by atoms with Crippen LogP contribution in [0.5, 0.6) is 0 Å². The number of carbonyl (C=O) groups is 1. The summed E-state index contributed by atoms with van der Waals surface area (Å²) in [4.78, 5) is 12.9. The third kappa shape index (κ3) is 2.00. The summed E-state index contributed by atoms with van der Waals surface area (Å²) in [6.45, 7) is 0.347. The molecule has 0 spiro atoms. The zero-order chi connectivity index (χ0) is 11.9. The van der Waals surface area contributed by atoms with Crippen LogP contribution in [0.15, 0.2) is 12.1 Å². The van der Waals surface area contributed by atoms with Crippen LogP contribution in [-0.2, 0) is 4.79 Å². The highest BCUT2D eigenvalue weighted by Crippen LogP contribution is 2.33. The lowest BCUT2D eigenvalue weighted by molar-refractivity contribution is -0.117. The summed E-state index contributed by atoms with van der Waals surface area (Å²) in [6.07, 6.45) is 0.251. The lowest BCUT2D eigenvalue weighted by Gasteiger charge is -2.18. The molecule has 0 aromatic heterocycles. The van der Waals surface area contributed by atoms with Crippen molar-refractivity contribution >= 4 is 34.8 Å². The summed E-state index contributed by atoms with van der Waals surface area (Å²) >= 11 is 11.5. The van der Waals surface area contributed by atoms with E-state index in [2.05, 4.69) is 0 Å². The Kier molecular flexibility index (Phi) is 3.06. The summed E-state index contributed by atoms with van der Waals surface area (Å²) in [5.41, 5.74) is 5.97. The molecule has 2 rings (SSSR count). The second kappa shape index (κ2) is 4.20. The fourth-order valence-electron chi connectivity index (χ4n) is 1.69. The van der Waals surface area contributed by atoms with Crippen molar-refractivity contribution in [2.75, 3.05) is 11.4 Å². The molecule has 1 amide bonds. The molecule has 1 aliphatic rings. The maximum absolute atomic E-state index is 13.3. The highest BCUT2D eigenvalue weighted by Gasteiger charge is 2.29. The molecule has 1 atom stereocenters. The molecule has 1 aromatic rings. The number of benzene rings is 1. The molecule has 0 aliphatic carbocycles. The van der Waals surface area contributed by atoms with Gasteiger partial charge in [0.1, 0.15) is 5.82 Å². The Bertz CT molecular complexity index is 453. The van der Waals surface area contributed by atoms with Crippen LogP contribution in [0.25, 0.3) is 0 Å². The van der Waals surface area contributed by atoms with Crippen molar-refractivity contribution in [1.82, 2.24) is 0 Å². The van der Waals surface area contributed by atoms with Gasteiger partial charge in [0.25, 0.3) is 0 Å². The Labute approximate surface area is 102 Å². The summed E-state index contributed by atoms with van der Waals surface area (Å²) in [5, 5.41) is 0.179. The lowest BCUT2D eigenvalue weighted by Crippen LogP contribution is -2.28. The van der Waals surface area contributed by atoms with Crippen LogP contribution in [-0.4, -0.2) is 18.5 Å². The van der Waals surface area contributed by atoms with Gasteiger partial charge in [-0.2, -0.15) is 0 Å². The van der Waals surface area contributed by atoms with Gasteiger partial charge in [-0.1, -0.05) is 23.2 Å². The van der Waals surface area contributed by atoms with Crippen molar-refractivity contribution in [1.29, 1.82) is 0 Å². The van der Waals surface area contributed by atoms with Crippen LogP contribution in [0.4, 0.5) is 10.1 Å². The van der Waals surface area contributed by atoms with Crippen LogP contribution in [0.1, 0.15) is 6.42 Å². The topological polar surface area (TPSA) is 46.3 Å². The summed E-state index contributed by atoms with van der Waals surface area (Å²) in [5.74, 6) is -0.759. The largest absolute Gasteiger partial charge is 0.326 e. The van der Waals surface area contributed by atoms with E-state index in [1.807, 2.05) is 0 Å². The molecule has 1 saturated heterocycles. The monoisotopic (exact) mass is 262 g/mol. The molecule has 1 heterocycles. The van der Waals surface area contributed by atoms with Gasteiger partial charge in [-0.15, -0.1) is 0 Å². The third-order valence-corrected chi connectivity index (χ3v) is 3.03. The highest BCUT2D eigenvalue weighted by atomic mass is 35.5. The minimum atomic E-state index is -0.602. The first kappa shape index (κ1) is 11.6. The summed E-state index contributed by atoms with van der Waals surface area (Å²) < 4.78 is 13.3.